The molecular weight excluding hydrogens is 358 g/mol. The highest BCUT2D eigenvalue weighted by molar-refractivity contribution is 5.77. The van der Waals surface area contributed by atoms with Crippen molar-refractivity contribution >= 4 is 6.03 Å². The number of nitrogens with zero attached hydrogens (tertiary/aromatic N) is 1. The van der Waals surface area contributed by atoms with E-state index in [2.05, 4.69) is 47.1 Å². The van der Waals surface area contributed by atoms with Gasteiger partial charge in [-0.3, -0.25) is 5.43 Å². The Morgan fingerprint density at radius 1 is 0.655 bits per heavy atom. The van der Waals surface area contributed by atoms with Crippen molar-refractivity contribution in [3.63, 3.8) is 0 Å². The molecule has 0 atom stereocenters. The van der Waals surface area contributed by atoms with Gasteiger partial charge in [-0.15, -0.1) is 0 Å². The van der Waals surface area contributed by atoms with Crippen molar-refractivity contribution in [1.82, 2.24) is 15.8 Å². The third-order valence-corrected chi connectivity index (χ3v) is 5.54. The molecule has 29 heavy (non-hydrogen) atoms. The van der Waals surface area contributed by atoms with Crippen LogP contribution in [0.1, 0.15) is 36.0 Å². The van der Waals surface area contributed by atoms with Crippen LogP contribution < -0.4 is 10.7 Å². The van der Waals surface area contributed by atoms with Crippen molar-refractivity contribution in [3.05, 3.63) is 108 Å². The molecular formula is C25H27N3O. The maximum Gasteiger partial charge on any atom is 0.330 e. The fourth-order valence-corrected chi connectivity index (χ4v) is 4.13. The molecule has 3 aromatic carbocycles. The average molecular weight is 386 g/mol. The van der Waals surface area contributed by atoms with E-state index < -0.39 is 5.54 Å². The molecule has 0 unspecified atom stereocenters. The molecule has 4 rings (SSSR count). The Balaban J connectivity index is 1.78. The zero-order chi connectivity index (χ0) is 19.9. The van der Waals surface area contributed by atoms with Gasteiger partial charge in [-0.2, -0.15) is 0 Å². The van der Waals surface area contributed by atoms with Crippen LogP contribution in [0, 0.1) is 0 Å². The van der Waals surface area contributed by atoms with Crippen molar-refractivity contribution in [2.75, 3.05) is 13.1 Å². The Morgan fingerprint density at radius 3 is 1.48 bits per heavy atom. The van der Waals surface area contributed by atoms with E-state index in [1.807, 2.05) is 59.6 Å². The second kappa shape index (κ2) is 8.93. The Kier molecular flexibility index (Phi) is 5.92. The van der Waals surface area contributed by atoms with Gasteiger partial charge < -0.3 is 5.32 Å². The van der Waals surface area contributed by atoms with Crippen LogP contribution in [0.15, 0.2) is 91.0 Å². The minimum Gasteiger partial charge on any atom is -0.319 e. The molecule has 0 aliphatic carbocycles. The minimum atomic E-state index is -0.788. The Labute approximate surface area is 172 Å². The van der Waals surface area contributed by atoms with Gasteiger partial charge in [0.15, 0.2) is 0 Å². The van der Waals surface area contributed by atoms with Crippen LogP contribution in [-0.4, -0.2) is 24.1 Å². The van der Waals surface area contributed by atoms with Gasteiger partial charge in [-0.05, 0) is 29.5 Å². The number of amides is 2. The van der Waals surface area contributed by atoms with E-state index in [0.717, 1.165) is 42.6 Å². The molecule has 0 bridgehead atoms. The first kappa shape index (κ1) is 19.2. The maximum absolute atomic E-state index is 13.2. The summed E-state index contributed by atoms with van der Waals surface area (Å²) in [5.74, 6) is 0. The molecule has 0 aromatic heterocycles. The second-order valence-corrected chi connectivity index (χ2v) is 7.46. The summed E-state index contributed by atoms with van der Waals surface area (Å²) in [4.78, 5) is 13.2. The smallest absolute Gasteiger partial charge is 0.319 e. The Morgan fingerprint density at radius 2 is 1.07 bits per heavy atom. The molecule has 1 saturated heterocycles. The lowest BCUT2D eigenvalue weighted by Crippen LogP contribution is -2.56. The molecule has 1 aliphatic rings. The van der Waals surface area contributed by atoms with Crippen molar-refractivity contribution in [1.29, 1.82) is 0 Å². The third kappa shape index (κ3) is 4.17. The lowest BCUT2D eigenvalue weighted by molar-refractivity contribution is 0.151. The average Bonchev–Trinajstić information content (AvgIpc) is 2.80. The number of urea groups is 1. The number of hydrogen-bond acceptors (Lipinski definition) is 2. The Bertz CT molecular complexity index is 810. The summed E-state index contributed by atoms with van der Waals surface area (Å²) < 4.78 is 0. The number of hydrazine groups is 1. The van der Waals surface area contributed by atoms with Gasteiger partial charge >= 0.3 is 6.03 Å². The normalized spacial score (nSPS) is 14.9. The highest BCUT2D eigenvalue weighted by Crippen LogP contribution is 2.36. The summed E-state index contributed by atoms with van der Waals surface area (Å²) in [6, 6.07) is 30.3. The number of carbonyl (C=O) groups excluding carboxylic acids is 1. The largest absolute Gasteiger partial charge is 0.330 e. The lowest BCUT2D eigenvalue weighted by Gasteiger charge is -2.38. The number of rotatable bonds is 5. The van der Waals surface area contributed by atoms with Crippen LogP contribution in [-0.2, 0) is 5.54 Å². The summed E-state index contributed by atoms with van der Waals surface area (Å²) >= 11 is 0. The zero-order valence-electron chi connectivity index (χ0n) is 16.6. The van der Waals surface area contributed by atoms with E-state index in [1.165, 1.54) is 6.42 Å². The van der Waals surface area contributed by atoms with Gasteiger partial charge in [-0.1, -0.05) is 97.4 Å². The first-order valence-corrected chi connectivity index (χ1v) is 10.3. The summed E-state index contributed by atoms with van der Waals surface area (Å²) in [5, 5.41) is 5.35. The van der Waals surface area contributed by atoms with Gasteiger partial charge in [0.25, 0.3) is 0 Å². The zero-order valence-corrected chi connectivity index (χ0v) is 16.6. The van der Waals surface area contributed by atoms with Gasteiger partial charge in [0, 0.05) is 13.1 Å². The third-order valence-electron chi connectivity index (χ3n) is 5.54. The van der Waals surface area contributed by atoms with Crippen LogP contribution in [0.4, 0.5) is 4.79 Å². The Hall–Kier alpha value is -3.11. The highest BCUT2D eigenvalue weighted by Gasteiger charge is 2.38. The van der Waals surface area contributed by atoms with Crippen molar-refractivity contribution in [3.8, 4) is 0 Å². The molecule has 0 spiro atoms. The molecule has 1 heterocycles. The van der Waals surface area contributed by atoms with Crippen LogP contribution in [0.5, 0.6) is 0 Å². The number of carbonyl (C=O) groups is 1. The topological polar surface area (TPSA) is 44.4 Å². The summed E-state index contributed by atoms with van der Waals surface area (Å²) in [5.41, 5.74) is 5.34. The van der Waals surface area contributed by atoms with Crippen LogP contribution in [0.25, 0.3) is 0 Å². The number of piperidine rings is 1. The van der Waals surface area contributed by atoms with Crippen LogP contribution >= 0.6 is 0 Å². The maximum atomic E-state index is 13.2. The first-order chi connectivity index (χ1) is 14.3. The number of benzene rings is 3. The van der Waals surface area contributed by atoms with Gasteiger partial charge in [0.1, 0.15) is 5.54 Å². The monoisotopic (exact) mass is 385 g/mol. The van der Waals surface area contributed by atoms with E-state index in [0.29, 0.717) is 0 Å². The predicted octanol–water partition coefficient (Wildman–Crippen LogP) is 4.68. The summed E-state index contributed by atoms with van der Waals surface area (Å²) in [6.07, 6.45) is 3.45. The molecule has 2 N–H and O–H groups in total. The SMILES string of the molecule is O=C(NN1CCCCC1)NC(c1ccccc1)(c1ccccc1)c1ccccc1. The van der Waals surface area contributed by atoms with E-state index in [4.69, 9.17) is 0 Å². The highest BCUT2D eigenvalue weighted by atomic mass is 16.2. The molecule has 4 heteroatoms. The lowest BCUT2D eigenvalue weighted by atomic mass is 9.77. The molecule has 148 valence electrons. The predicted molar refractivity (Wildman–Crippen MR) is 116 cm³/mol. The van der Waals surface area contributed by atoms with E-state index >= 15 is 0 Å². The van der Waals surface area contributed by atoms with E-state index in [-0.39, 0.29) is 6.03 Å². The second-order valence-electron chi connectivity index (χ2n) is 7.46. The molecule has 1 fully saturated rings. The molecule has 3 aromatic rings. The summed E-state index contributed by atoms with van der Waals surface area (Å²) in [7, 11) is 0. The number of hydrogen-bond donors (Lipinski definition) is 2. The van der Waals surface area contributed by atoms with Crippen molar-refractivity contribution < 1.29 is 4.79 Å². The van der Waals surface area contributed by atoms with Crippen LogP contribution in [0.3, 0.4) is 0 Å². The minimum absolute atomic E-state index is 0.191. The van der Waals surface area contributed by atoms with Crippen molar-refractivity contribution in [2.45, 2.75) is 24.8 Å². The first-order valence-electron chi connectivity index (χ1n) is 10.3. The fraction of sp³-hybridized carbons (Fsp3) is 0.240. The number of nitrogens with one attached hydrogen (secondary N) is 2. The molecule has 0 radical (unpaired) electrons. The standard InChI is InChI=1S/C25H27N3O/c29-24(27-28-19-11-4-12-20-28)26-25(21-13-5-1-6-14-21,22-15-7-2-8-16-22)23-17-9-3-10-18-23/h1-3,5-10,13-18H,4,11-12,19-20H2,(H2,26,27,29). The van der Waals surface area contributed by atoms with Crippen LogP contribution in [0.2, 0.25) is 0 Å². The molecule has 2 amide bonds. The van der Waals surface area contributed by atoms with Gasteiger partial charge in [0.2, 0.25) is 0 Å². The van der Waals surface area contributed by atoms with Gasteiger partial charge in [0.05, 0.1) is 0 Å². The summed E-state index contributed by atoms with van der Waals surface area (Å²) in [6.45, 7) is 1.78. The molecule has 4 nitrogen and oxygen atoms in total. The fourth-order valence-electron chi connectivity index (χ4n) is 4.13. The molecule has 1 aliphatic heterocycles. The quantitative estimate of drug-likeness (QED) is 0.627. The van der Waals surface area contributed by atoms with Crippen molar-refractivity contribution in [2.24, 2.45) is 0 Å². The molecule has 0 saturated carbocycles. The van der Waals surface area contributed by atoms with E-state index in [9.17, 15) is 4.79 Å². The van der Waals surface area contributed by atoms with E-state index in [1.54, 1.807) is 0 Å². The van der Waals surface area contributed by atoms with Gasteiger partial charge in [-0.25, -0.2) is 9.80 Å².